The van der Waals surface area contributed by atoms with Crippen molar-refractivity contribution in [1.82, 2.24) is 15.2 Å². The molecule has 3 aromatic carbocycles. The van der Waals surface area contributed by atoms with E-state index in [1.165, 1.54) is 17.2 Å². The number of anilines is 1. The maximum atomic E-state index is 15.0. The van der Waals surface area contributed by atoms with Gasteiger partial charge in [-0.05, 0) is 83.4 Å². The molecule has 0 bridgehead atoms. The van der Waals surface area contributed by atoms with Crippen LogP contribution in [0.4, 0.5) is 23.4 Å². The molecule has 0 spiro atoms. The Hall–Kier alpha value is -5.45. The summed E-state index contributed by atoms with van der Waals surface area (Å²) in [4.78, 5) is 30.8. The highest BCUT2D eigenvalue weighted by Crippen LogP contribution is 2.37. The molecule has 0 unspecified atom stereocenters. The fourth-order valence-electron chi connectivity index (χ4n) is 5.31. The van der Waals surface area contributed by atoms with E-state index in [9.17, 15) is 22.8 Å². The van der Waals surface area contributed by atoms with E-state index in [-0.39, 0.29) is 49.9 Å². The fourth-order valence-corrected chi connectivity index (χ4v) is 5.31. The van der Waals surface area contributed by atoms with Gasteiger partial charge in [-0.25, -0.2) is 22.5 Å². The van der Waals surface area contributed by atoms with Gasteiger partial charge in [-0.1, -0.05) is 12.1 Å². The Morgan fingerprint density at radius 3 is 2.41 bits per heavy atom. The summed E-state index contributed by atoms with van der Waals surface area (Å²) in [5.41, 5.74) is 8.54. The number of alkyl halides is 2. The first-order valence-electron chi connectivity index (χ1n) is 14.5. The molecule has 234 valence electrons. The summed E-state index contributed by atoms with van der Waals surface area (Å²) in [6.07, 6.45) is 3.72. The van der Waals surface area contributed by atoms with Gasteiger partial charge < -0.3 is 20.4 Å². The summed E-state index contributed by atoms with van der Waals surface area (Å²) in [5, 5.41) is 3.32. The lowest BCUT2D eigenvalue weighted by molar-refractivity contribution is -0.116. The Morgan fingerprint density at radius 2 is 1.70 bits per heavy atom. The van der Waals surface area contributed by atoms with E-state index in [0.29, 0.717) is 50.4 Å². The smallest absolute Gasteiger partial charge is 0.253 e. The van der Waals surface area contributed by atoms with Gasteiger partial charge in [0.2, 0.25) is 5.91 Å². The van der Waals surface area contributed by atoms with Crippen molar-refractivity contribution in [3.05, 3.63) is 114 Å². The second-order valence-electron chi connectivity index (χ2n) is 11.1. The zero-order valence-corrected chi connectivity index (χ0v) is 24.4. The van der Waals surface area contributed by atoms with E-state index in [1.807, 2.05) is 6.07 Å². The minimum Gasteiger partial charge on any atom is -0.459 e. The number of furan rings is 1. The van der Waals surface area contributed by atoms with Crippen molar-refractivity contribution in [2.75, 3.05) is 18.8 Å². The molecule has 2 aromatic heterocycles. The van der Waals surface area contributed by atoms with Crippen LogP contribution in [-0.2, 0) is 11.3 Å². The van der Waals surface area contributed by atoms with Crippen LogP contribution in [0.25, 0.3) is 39.3 Å². The topological polar surface area (TPSA) is 101 Å². The minimum absolute atomic E-state index is 0.00877. The average Bonchev–Trinajstić information content (AvgIpc) is 3.47. The molecule has 0 radical (unpaired) electrons. The van der Waals surface area contributed by atoms with Crippen LogP contribution < -0.4 is 11.1 Å². The maximum Gasteiger partial charge on any atom is 0.253 e. The van der Waals surface area contributed by atoms with Crippen molar-refractivity contribution < 1.29 is 31.6 Å². The third-order valence-electron chi connectivity index (χ3n) is 7.81. The number of amides is 2. The monoisotopic (exact) mass is 628 g/mol. The number of rotatable bonds is 7. The van der Waals surface area contributed by atoms with Gasteiger partial charge in [0, 0.05) is 60.3 Å². The van der Waals surface area contributed by atoms with Crippen molar-refractivity contribution in [1.29, 1.82) is 0 Å². The first kappa shape index (κ1) is 30.6. The van der Waals surface area contributed by atoms with E-state index >= 15 is 4.39 Å². The number of hydrogen-bond acceptors (Lipinski definition) is 5. The number of aromatic nitrogens is 1. The predicted octanol–water partition coefficient (Wildman–Crippen LogP) is 7.22. The molecule has 0 atom stereocenters. The molecule has 46 heavy (non-hydrogen) atoms. The van der Waals surface area contributed by atoms with E-state index in [0.717, 1.165) is 18.2 Å². The molecule has 3 N–H and O–H groups in total. The van der Waals surface area contributed by atoms with E-state index in [2.05, 4.69) is 10.3 Å². The molecule has 1 saturated heterocycles. The second kappa shape index (κ2) is 12.5. The number of carbonyl (C=O) groups is 2. The van der Waals surface area contributed by atoms with Crippen molar-refractivity contribution in [3.8, 4) is 22.3 Å². The molecule has 0 aliphatic carbocycles. The van der Waals surface area contributed by atoms with Gasteiger partial charge in [0.1, 0.15) is 28.8 Å². The fraction of sp³-hybridized carbons (Fsp3) is 0.171. The van der Waals surface area contributed by atoms with E-state index in [1.54, 1.807) is 54.6 Å². The normalized spacial score (nSPS) is 14.6. The number of benzene rings is 3. The average molecular weight is 629 g/mol. The highest BCUT2D eigenvalue weighted by atomic mass is 19.3. The molecule has 11 heteroatoms. The largest absolute Gasteiger partial charge is 0.459 e. The van der Waals surface area contributed by atoms with Gasteiger partial charge in [0.25, 0.3) is 11.8 Å². The quantitative estimate of drug-likeness (QED) is 0.146. The Kier molecular flexibility index (Phi) is 8.31. The number of hydrogen-bond donors (Lipinski definition) is 2. The van der Waals surface area contributed by atoms with Gasteiger partial charge in [0.05, 0.1) is 6.54 Å². The Balaban J connectivity index is 1.27. The Morgan fingerprint density at radius 1 is 0.935 bits per heavy atom. The van der Waals surface area contributed by atoms with Crippen LogP contribution in [-0.4, -0.2) is 40.7 Å². The van der Waals surface area contributed by atoms with Crippen LogP contribution in [0.2, 0.25) is 0 Å². The first-order chi connectivity index (χ1) is 22.0. The Bertz CT molecular complexity index is 1940. The Labute approximate surface area is 261 Å². The highest BCUT2D eigenvalue weighted by Gasteiger charge is 2.35. The number of likely N-dealkylation sites (tertiary alicyclic amines) is 1. The molecule has 3 heterocycles. The third-order valence-corrected chi connectivity index (χ3v) is 7.81. The van der Waals surface area contributed by atoms with Gasteiger partial charge >= 0.3 is 0 Å². The van der Waals surface area contributed by atoms with Crippen LogP contribution in [0, 0.1) is 11.6 Å². The molecule has 1 aliphatic heterocycles. The highest BCUT2D eigenvalue weighted by molar-refractivity contribution is 5.98. The molecule has 0 saturated carbocycles. The zero-order valence-electron chi connectivity index (χ0n) is 24.4. The minimum atomic E-state index is -2.76. The third kappa shape index (κ3) is 6.78. The summed E-state index contributed by atoms with van der Waals surface area (Å²) in [6.45, 7) is -0.0175. The molecule has 7 nitrogen and oxygen atoms in total. The lowest BCUT2D eigenvalue weighted by Gasteiger charge is -2.31. The maximum absolute atomic E-state index is 15.0. The summed E-state index contributed by atoms with van der Waals surface area (Å²) in [5.74, 6) is -4.01. The molecule has 6 rings (SSSR count). The molecule has 5 aromatic rings. The van der Waals surface area contributed by atoms with Crippen molar-refractivity contribution in [2.24, 2.45) is 0 Å². The SMILES string of the molecule is Nc1ccc(C=CC(=O)NCc2cc3cc(-c4ccc(C(=O)N5CCC(F)(F)CC5)cc4)cc(-c4cc(F)ccc4F)c3o2)cn1. The summed E-state index contributed by atoms with van der Waals surface area (Å²) in [7, 11) is 0. The number of nitrogens with one attached hydrogen (secondary N) is 1. The number of pyridine rings is 1. The van der Waals surface area contributed by atoms with E-state index in [4.69, 9.17) is 10.2 Å². The van der Waals surface area contributed by atoms with Crippen LogP contribution >= 0.6 is 0 Å². The van der Waals surface area contributed by atoms with Crippen LogP contribution in [0.5, 0.6) is 0 Å². The second-order valence-corrected chi connectivity index (χ2v) is 11.1. The number of nitrogens with zero attached hydrogens (tertiary/aromatic N) is 2. The zero-order chi connectivity index (χ0) is 32.4. The van der Waals surface area contributed by atoms with Gasteiger partial charge in [-0.15, -0.1) is 0 Å². The summed E-state index contributed by atoms with van der Waals surface area (Å²) >= 11 is 0. The number of fused-ring (bicyclic) bond motifs is 1. The number of halogens is 4. The summed E-state index contributed by atoms with van der Waals surface area (Å²) in [6, 6.07) is 18.3. The molecule has 1 aliphatic rings. The van der Waals surface area contributed by atoms with Gasteiger partial charge in [-0.2, -0.15) is 0 Å². The molecule has 2 amide bonds. The first-order valence-corrected chi connectivity index (χ1v) is 14.5. The van der Waals surface area contributed by atoms with Crippen molar-refractivity contribution >= 4 is 34.7 Å². The number of piperidine rings is 1. The van der Waals surface area contributed by atoms with Crippen LogP contribution in [0.15, 0.2) is 89.5 Å². The standard InChI is InChI=1S/C35H28F4N4O3/c36-26-7-8-30(37)28(18-26)29-17-24(22-3-5-23(6-4-22)34(45)43-13-11-35(38,39)12-14-43)15-25-16-27(46-33(25)29)20-42-32(44)10-2-21-1-9-31(40)41-19-21/h1-10,15-19H,11-14,20H2,(H2,40,41)(H,42,44). The molecular weight excluding hydrogens is 600 g/mol. The lowest BCUT2D eigenvalue weighted by Crippen LogP contribution is -2.42. The predicted molar refractivity (Wildman–Crippen MR) is 167 cm³/mol. The van der Waals surface area contributed by atoms with Gasteiger partial charge in [0.15, 0.2) is 0 Å². The number of nitrogens with two attached hydrogens (primary N) is 1. The van der Waals surface area contributed by atoms with Gasteiger partial charge in [-0.3, -0.25) is 9.59 Å². The van der Waals surface area contributed by atoms with Crippen LogP contribution in [0.1, 0.15) is 34.5 Å². The number of carbonyl (C=O) groups excluding carboxylic acids is 2. The number of nitrogen functional groups attached to an aromatic ring is 1. The summed E-state index contributed by atoms with van der Waals surface area (Å²) < 4.78 is 62.4. The van der Waals surface area contributed by atoms with E-state index < -0.39 is 17.6 Å². The lowest BCUT2D eigenvalue weighted by atomic mass is 9.95. The van der Waals surface area contributed by atoms with Crippen molar-refractivity contribution in [2.45, 2.75) is 25.3 Å². The molecule has 1 fully saturated rings. The molecular formula is C35H28F4N4O3. The van der Waals surface area contributed by atoms with Crippen molar-refractivity contribution in [3.63, 3.8) is 0 Å². The van der Waals surface area contributed by atoms with Crippen LogP contribution in [0.3, 0.4) is 0 Å².